The van der Waals surface area contributed by atoms with Crippen molar-refractivity contribution in [2.45, 2.75) is 19.9 Å². The summed E-state index contributed by atoms with van der Waals surface area (Å²) in [5, 5.41) is 7.15. The first kappa shape index (κ1) is 20.0. The number of fused-ring (bicyclic) bond motifs is 1. The van der Waals surface area contributed by atoms with E-state index in [4.69, 9.17) is 4.98 Å². The van der Waals surface area contributed by atoms with Crippen molar-refractivity contribution in [2.75, 3.05) is 32.4 Å². The fourth-order valence-corrected chi connectivity index (χ4v) is 5.03. The highest BCUT2D eigenvalue weighted by molar-refractivity contribution is 7.88. The largest absolute Gasteiger partial charge is 0.336 e. The zero-order valence-corrected chi connectivity index (χ0v) is 18.2. The number of carbonyl (C=O) groups excluding carboxylic acids is 1. The Bertz CT molecular complexity index is 1140. The van der Waals surface area contributed by atoms with Gasteiger partial charge < -0.3 is 4.90 Å². The predicted octanol–water partition coefficient (Wildman–Crippen LogP) is 2.46. The lowest BCUT2D eigenvalue weighted by atomic mass is 10.1. The van der Waals surface area contributed by atoms with E-state index < -0.39 is 10.0 Å². The molecule has 0 saturated carbocycles. The number of carbonyl (C=O) groups is 1. The van der Waals surface area contributed by atoms with E-state index in [1.165, 1.54) is 10.6 Å². The van der Waals surface area contributed by atoms with Crippen molar-refractivity contribution in [2.24, 2.45) is 0 Å². The number of hydrogen-bond acceptors (Lipinski definition) is 6. The van der Waals surface area contributed by atoms with E-state index in [-0.39, 0.29) is 11.9 Å². The van der Waals surface area contributed by atoms with Crippen LogP contribution in [0.5, 0.6) is 0 Å². The van der Waals surface area contributed by atoms with Crippen LogP contribution in [0.2, 0.25) is 0 Å². The van der Waals surface area contributed by atoms with Crippen LogP contribution in [0.1, 0.15) is 30.2 Å². The van der Waals surface area contributed by atoms with E-state index in [1.54, 1.807) is 22.4 Å². The summed E-state index contributed by atoms with van der Waals surface area (Å²) in [5.41, 5.74) is 1.98. The van der Waals surface area contributed by atoms with Crippen molar-refractivity contribution in [3.63, 3.8) is 0 Å². The van der Waals surface area contributed by atoms with Gasteiger partial charge in [-0.05, 0) is 31.4 Å². The first-order valence-corrected chi connectivity index (χ1v) is 12.1. The molecule has 3 aromatic rings. The molecule has 0 aromatic carbocycles. The minimum absolute atomic E-state index is 0.111. The number of nitrogens with zero attached hydrogens (tertiary/aromatic N) is 5. The third-order valence-corrected chi connectivity index (χ3v) is 7.25. The average molecular weight is 434 g/mol. The number of amides is 1. The summed E-state index contributed by atoms with van der Waals surface area (Å²) in [6, 6.07) is 5.87. The molecular formula is C19H23N5O3S2. The monoisotopic (exact) mass is 433 g/mol. The third kappa shape index (κ3) is 3.79. The number of aromatic nitrogens is 3. The maximum absolute atomic E-state index is 13.4. The summed E-state index contributed by atoms with van der Waals surface area (Å²) in [7, 11) is -3.24. The van der Waals surface area contributed by atoms with E-state index >= 15 is 0 Å². The molecule has 0 unspecified atom stereocenters. The van der Waals surface area contributed by atoms with Crippen LogP contribution in [0, 0.1) is 0 Å². The summed E-state index contributed by atoms with van der Waals surface area (Å²) >= 11 is 1.57. The second-order valence-electron chi connectivity index (χ2n) is 7.41. The van der Waals surface area contributed by atoms with Gasteiger partial charge in [0.05, 0.1) is 34.0 Å². The first-order valence-electron chi connectivity index (χ1n) is 9.42. The van der Waals surface area contributed by atoms with E-state index in [2.05, 4.69) is 5.10 Å². The maximum Gasteiger partial charge on any atom is 0.254 e. The zero-order valence-electron chi connectivity index (χ0n) is 16.6. The lowest BCUT2D eigenvalue weighted by molar-refractivity contribution is 0.0700. The number of sulfonamides is 1. The smallest absolute Gasteiger partial charge is 0.254 e. The average Bonchev–Trinajstić information content (AvgIpc) is 3.35. The van der Waals surface area contributed by atoms with Gasteiger partial charge in [-0.2, -0.15) is 9.40 Å². The first-order chi connectivity index (χ1) is 13.8. The van der Waals surface area contributed by atoms with Gasteiger partial charge in [0.15, 0.2) is 5.65 Å². The summed E-state index contributed by atoms with van der Waals surface area (Å²) in [6.07, 6.45) is 2.89. The van der Waals surface area contributed by atoms with Gasteiger partial charge in [-0.3, -0.25) is 4.79 Å². The Hall–Kier alpha value is -2.30. The molecule has 1 fully saturated rings. The van der Waals surface area contributed by atoms with E-state index in [0.717, 1.165) is 16.0 Å². The third-order valence-electron chi connectivity index (χ3n) is 5.05. The quantitative estimate of drug-likeness (QED) is 0.631. The van der Waals surface area contributed by atoms with Gasteiger partial charge in [0.25, 0.3) is 5.91 Å². The molecule has 1 amide bonds. The molecule has 10 heteroatoms. The molecule has 0 atom stereocenters. The van der Waals surface area contributed by atoms with Gasteiger partial charge in [0.2, 0.25) is 10.0 Å². The van der Waals surface area contributed by atoms with Crippen molar-refractivity contribution in [1.29, 1.82) is 0 Å². The summed E-state index contributed by atoms with van der Waals surface area (Å²) in [5.74, 6) is -0.119. The maximum atomic E-state index is 13.4. The summed E-state index contributed by atoms with van der Waals surface area (Å²) < 4.78 is 26.7. The number of rotatable bonds is 4. The van der Waals surface area contributed by atoms with E-state index in [9.17, 15) is 13.2 Å². The molecule has 3 aromatic heterocycles. The molecule has 0 spiro atoms. The highest BCUT2D eigenvalue weighted by atomic mass is 32.2. The molecule has 1 aliphatic heterocycles. The molecule has 0 bridgehead atoms. The molecule has 29 heavy (non-hydrogen) atoms. The molecule has 0 aliphatic carbocycles. The Labute approximate surface area is 173 Å². The van der Waals surface area contributed by atoms with Crippen LogP contribution in [0.4, 0.5) is 0 Å². The van der Waals surface area contributed by atoms with Gasteiger partial charge in [0, 0.05) is 32.2 Å². The van der Waals surface area contributed by atoms with E-state index in [0.29, 0.717) is 37.4 Å². The SMILES string of the molecule is CC(C)n1ncc2c(C(=O)N3CCN(S(C)(=O)=O)CC3)cc(-c3cccs3)nc21. The van der Waals surface area contributed by atoms with Crippen molar-refractivity contribution in [3.8, 4) is 10.6 Å². The van der Waals surface area contributed by atoms with Crippen molar-refractivity contribution < 1.29 is 13.2 Å². The van der Waals surface area contributed by atoms with Gasteiger partial charge in [0.1, 0.15) is 0 Å². The van der Waals surface area contributed by atoms with Crippen LogP contribution >= 0.6 is 11.3 Å². The molecule has 8 nitrogen and oxygen atoms in total. The molecule has 154 valence electrons. The fraction of sp³-hybridized carbons (Fsp3) is 0.421. The van der Waals surface area contributed by atoms with Crippen molar-refractivity contribution >= 4 is 38.3 Å². The van der Waals surface area contributed by atoms with Gasteiger partial charge in [-0.1, -0.05) is 6.07 Å². The highest BCUT2D eigenvalue weighted by Crippen LogP contribution is 2.29. The Morgan fingerprint density at radius 3 is 2.52 bits per heavy atom. The number of hydrogen-bond donors (Lipinski definition) is 0. The number of piperazine rings is 1. The van der Waals surface area contributed by atoms with Gasteiger partial charge in [-0.25, -0.2) is 18.1 Å². The lowest BCUT2D eigenvalue weighted by Gasteiger charge is -2.33. The molecule has 1 aliphatic rings. The topological polar surface area (TPSA) is 88.4 Å². The van der Waals surface area contributed by atoms with Crippen LogP contribution in [-0.4, -0.2) is 70.7 Å². The van der Waals surface area contributed by atoms with Gasteiger partial charge in [-0.15, -0.1) is 11.3 Å². The van der Waals surface area contributed by atoms with Crippen LogP contribution in [0.3, 0.4) is 0 Å². The molecule has 0 radical (unpaired) electrons. The normalized spacial score (nSPS) is 16.1. The molecular weight excluding hydrogens is 410 g/mol. The molecule has 4 rings (SSSR count). The summed E-state index contributed by atoms with van der Waals surface area (Å²) in [6.45, 7) is 5.39. The fourth-order valence-electron chi connectivity index (χ4n) is 3.52. The lowest BCUT2D eigenvalue weighted by Crippen LogP contribution is -2.50. The zero-order chi connectivity index (χ0) is 20.8. The van der Waals surface area contributed by atoms with Crippen LogP contribution in [0.15, 0.2) is 29.8 Å². The number of thiophene rings is 1. The van der Waals surface area contributed by atoms with Crippen LogP contribution < -0.4 is 0 Å². The Kier molecular flexibility index (Phi) is 5.18. The minimum atomic E-state index is -3.24. The second kappa shape index (κ2) is 7.51. The molecule has 0 N–H and O–H groups in total. The standard InChI is InChI=1S/C19H23N5O3S2/c1-13(2)24-18-15(12-20-24)14(11-16(21-18)17-5-4-10-28-17)19(25)22-6-8-23(9-7-22)29(3,26)27/h4-5,10-13H,6-9H2,1-3H3. The van der Waals surface area contributed by atoms with Crippen LogP contribution in [-0.2, 0) is 10.0 Å². The van der Waals surface area contributed by atoms with Crippen LogP contribution in [0.25, 0.3) is 21.6 Å². The van der Waals surface area contributed by atoms with Crippen molar-refractivity contribution in [3.05, 3.63) is 35.3 Å². The number of pyridine rings is 1. The van der Waals surface area contributed by atoms with Crippen molar-refractivity contribution in [1.82, 2.24) is 24.0 Å². The van der Waals surface area contributed by atoms with Gasteiger partial charge >= 0.3 is 0 Å². The molecule has 4 heterocycles. The van der Waals surface area contributed by atoms with E-state index in [1.807, 2.05) is 42.1 Å². The highest BCUT2D eigenvalue weighted by Gasteiger charge is 2.28. The predicted molar refractivity (Wildman–Crippen MR) is 114 cm³/mol. The molecule has 1 saturated heterocycles. The summed E-state index contributed by atoms with van der Waals surface area (Å²) in [4.78, 5) is 20.8. The Morgan fingerprint density at radius 2 is 1.93 bits per heavy atom. The Balaban J connectivity index is 1.74. The minimum Gasteiger partial charge on any atom is -0.336 e. The second-order valence-corrected chi connectivity index (χ2v) is 10.3. The Morgan fingerprint density at radius 1 is 1.21 bits per heavy atom.